The van der Waals surface area contributed by atoms with E-state index in [0.29, 0.717) is 5.02 Å². The van der Waals surface area contributed by atoms with Gasteiger partial charge in [-0.25, -0.2) is 0 Å². The molecule has 0 amide bonds. The maximum absolute atomic E-state index is 9.10. The Morgan fingerprint density at radius 3 is 2.92 bits per heavy atom. The summed E-state index contributed by atoms with van der Waals surface area (Å²) in [7, 11) is 0. The van der Waals surface area contributed by atoms with Gasteiger partial charge in [-0.1, -0.05) is 17.7 Å². The molecular weight excluding hydrogens is 272 g/mol. The Balaban J connectivity index is 2.88. The van der Waals surface area contributed by atoms with Gasteiger partial charge >= 0.3 is 0 Å². The van der Waals surface area contributed by atoms with E-state index >= 15 is 0 Å². The highest BCUT2D eigenvalue weighted by atomic mass is 79.9. The molecule has 0 unspecified atom stereocenters. The number of rotatable bonds is 1. The first-order valence-corrected chi connectivity index (χ1v) is 5.74. The van der Waals surface area contributed by atoms with Crippen molar-refractivity contribution in [3.05, 3.63) is 32.6 Å². The lowest BCUT2D eigenvalue weighted by molar-refractivity contribution is 0.283. The molecule has 1 N–H and O–H groups in total. The van der Waals surface area contributed by atoms with Crippen LogP contribution in [0.15, 0.2) is 22.0 Å². The quantitative estimate of drug-likeness (QED) is 0.840. The Morgan fingerprint density at radius 2 is 2.23 bits per heavy atom. The molecule has 1 nitrogen and oxygen atoms in total. The number of fused-ring (bicyclic) bond motifs is 1. The zero-order valence-corrected chi connectivity index (χ0v) is 9.71. The second-order valence-electron chi connectivity index (χ2n) is 2.65. The molecule has 2 rings (SSSR count). The van der Waals surface area contributed by atoms with Crippen LogP contribution in [0.25, 0.3) is 10.1 Å². The highest BCUT2D eigenvalue weighted by Crippen LogP contribution is 2.37. The molecule has 0 spiro atoms. The predicted octanol–water partition coefficient (Wildman–Crippen LogP) is 3.81. The summed E-state index contributed by atoms with van der Waals surface area (Å²) in [4.78, 5) is 0. The molecule has 4 heteroatoms. The van der Waals surface area contributed by atoms with Gasteiger partial charge in [-0.15, -0.1) is 11.3 Å². The second-order valence-corrected chi connectivity index (χ2v) is 4.79. The minimum Gasteiger partial charge on any atom is -0.392 e. The third-order valence-electron chi connectivity index (χ3n) is 1.89. The summed E-state index contributed by atoms with van der Waals surface area (Å²) >= 11 is 11.0. The fraction of sp³-hybridized carbons (Fsp3) is 0.111. The summed E-state index contributed by atoms with van der Waals surface area (Å²) in [5, 5.41) is 12.7. The molecule has 1 aromatic heterocycles. The summed E-state index contributed by atoms with van der Waals surface area (Å²) in [6.45, 7) is 0.0280. The Morgan fingerprint density at radius 1 is 1.46 bits per heavy atom. The topological polar surface area (TPSA) is 20.2 Å². The molecule has 68 valence electrons. The van der Waals surface area contributed by atoms with Crippen LogP contribution in [0.1, 0.15) is 5.56 Å². The number of benzene rings is 1. The molecule has 2 aromatic rings. The highest BCUT2D eigenvalue weighted by molar-refractivity contribution is 9.10. The Bertz CT molecular complexity index is 452. The average molecular weight is 278 g/mol. The van der Waals surface area contributed by atoms with Crippen LogP contribution in [0.5, 0.6) is 0 Å². The van der Waals surface area contributed by atoms with E-state index in [9.17, 15) is 0 Å². The van der Waals surface area contributed by atoms with Crippen molar-refractivity contribution >= 4 is 49.0 Å². The van der Waals surface area contributed by atoms with Gasteiger partial charge in [0.15, 0.2) is 0 Å². The van der Waals surface area contributed by atoms with Gasteiger partial charge in [0.25, 0.3) is 0 Å². The minimum atomic E-state index is 0.0280. The van der Waals surface area contributed by atoms with Gasteiger partial charge < -0.3 is 5.11 Å². The summed E-state index contributed by atoms with van der Waals surface area (Å²) in [5.41, 5.74) is 0.879. The predicted molar refractivity (Wildman–Crippen MR) is 60.5 cm³/mol. The van der Waals surface area contributed by atoms with Gasteiger partial charge in [0.05, 0.1) is 16.3 Å². The lowest BCUT2D eigenvalue weighted by Crippen LogP contribution is -1.83. The maximum Gasteiger partial charge on any atom is 0.0688 e. The Labute approximate surface area is 93.1 Å². The minimum absolute atomic E-state index is 0.0280. The van der Waals surface area contributed by atoms with Crippen molar-refractivity contribution in [2.24, 2.45) is 0 Å². The van der Waals surface area contributed by atoms with Crippen LogP contribution < -0.4 is 0 Å². The monoisotopic (exact) mass is 276 g/mol. The van der Waals surface area contributed by atoms with E-state index in [4.69, 9.17) is 16.7 Å². The second kappa shape index (κ2) is 3.58. The fourth-order valence-corrected chi connectivity index (χ4v) is 3.17. The zero-order chi connectivity index (χ0) is 9.42. The first-order chi connectivity index (χ1) is 6.24. The number of aliphatic hydroxyl groups is 1. The van der Waals surface area contributed by atoms with E-state index in [1.807, 2.05) is 17.5 Å². The van der Waals surface area contributed by atoms with E-state index in [2.05, 4.69) is 15.9 Å². The van der Waals surface area contributed by atoms with Gasteiger partial charge in [-0.3, -0.25) is 0 Å². The largest absolute Gasteiger partial charge is 0.392 e. The summed E-state index contributed by atoms with van der Waals surface area (Å²) < 4.78 is 2.12. The van der Waals surface area contributed by atoms with Crippen LogP contribution >= 0.6 is 38.9 Å². The van der Waals surface area contributed by atoms with Crippen LogP contribution in [0.3, 0.4) is 0 Å². The lowest BCUT2D eigenvalue weighted by atomic mass is 10.1. The standard InChI is InChI=1S/C9H6BrClOS/c10-6-2-1-5(3-12)8-7(11)4-13-9(6)8/h1-2,4,12H,3H2. The molecule has 0 atom stereocenters. The molecule has 0 aliphatic rings. The number of thiophene rings is 1. The Hall–Kier alpha value is -0.0900. The van der Waals surface area contributed by atoms with Crippen molar-refractivity contribution in [1.29, 1.82) is 0 Å². The molecule has 0 aliphatic carbocycles. The number of aliphatic hydroxyl groups excluding tert-OH is 1. The van der Waals surface area contributed by atoms with Crippen molar-refractivity contribution in [2.45, 2.75) is 6.61 Å². The SMILES string of the molecule is OCc1ccc(Br)c2scc(Cl)c12. The molecule has 13 heavy (non-hydrogen) atoms. The Kier molecular flexibility index (Phi) is 2.60. The first kappa shape index (κ1) is 9.46. The molecular formula is C9H6BrClOS. The summed E-state index contributed by atoms with van der Waals surface area (Å²) in [6.07, 6.45) is 0. The molecule has 0 aliphatic heterocycles. The average Bonchev–Trinajstić information content (AvgIpc) is 2.51. The van der Waals surface area contributed by atoms with Crippen LogP contribution in [0.4, 0.5) is 0 Å². The van der Waals surface area contributed by atoms with E-state index < -0.39 is 0 Å². The van der Waals surface area contributed by atoms with Crippen molar-refractivity contribution in [2.75, 3.05) is 0 Å². The van der Waals surface area contributed by atoms with Gasteiger partial charge in [-0.05, 0) is 27.6 Å². The first-order valence-electron chi connectivity index (χ1n) is 3.69. The van der Waals surface area contributed by atoms with Crippen molar-refractivity contribution < 1.29 is 5.11 Å². The number of hydrogen-bond acceptors (Lipinski definition) is 2. The third-order valence-corrected chi connectivity index (χ3v) is 4.25. The molecule has 1 aromatic carbocycles. The maximum atomic E-state index is 9.10. The number of halogens is 2. The van der Waals surface area contributed by atoms with Gasteiger partial charge in [-0.2, -0.15) is 0 Å². The number of hydrogen-bond donors (Lipinski definition) is 1. The molecule has 0 fully saturated rings. The van der Waals surface area contributed by atoms with Gasteiger partial charge in [0.1, 0.15) is 0 Å². The van der Waals surface area contributed by atoms with E-state index in [1.165, 1.54) is 0 Å². The molecule has 1 heterocycles. The summed E-state index contributed by atoms with van der Waals surface area (Å²) in [5.74, 6) is 0. The molecule has 0 bridgehead atoms. The van der Waals surface area contributed by atoms with Gasteiger partial charge in [0.2, 0.25) is 0 Å². The van der Waals surface area contributed by atoms with Crippen molar-refractivity contribution in [1.82, 2.24) is 0 Å². The van der Waals surface area contributed by atoms with Crippen molar-refractivity contribution in [3.8, 4) is 0 Å². The van der Waals surface area contributed by atoms with E-state index in [-0.39, 0.29) is 6.61 Å². The van der Waals surface area contributed by atoms with Crippen LogP contribution in [-0.2, 0) is 6.61 Å². The molecule has 0 radical (unpaired) electrons. The summed E-state index contributed by atoms with van der Waals surface area (Å²) in [6, 6.07) is 3.81. The fourth-order valence-electron chi connectivity index (χ4n) is 1.28. The third kappa shape index (κ3) is 1.50. The molecule has 0 saturated heterocycles. The van der Waals surface area contributed by atoms with E-state index in [1.54, 1.807) is 11.3 Å². The van der Waals surface area contributed by atoms with Crippen LogP contribution in [-0.4, -0.2) is 5.11 Å². The molecule has 0 saturated carbocycles. The highest BCUT2D eigenvalue weighted by Gasteiger charge is 2.09. The smallest absolute Gasteiger partial charge is 0.0688 e. The van der Waals surface area contributed by atoms with Crippen molar-refractivity contribution in [3.63, 3.8) is 0 Å². The normalized spacial score (nSPS) is 11.0. The van der Waals surface area contributed by atoms with Crippen LogP contribution in [0.2, 0.25) is 5.02 Å². The van der Waals surface area contributed by atoms with Gasteiger partial charge in [0, 0.05) is 15.2 Å². The zero-order valence-electron chi connectivity index (χ0n) is 6.55. The van der Waals surface area contributed by atoms with Crippen LogP contribution in [0, 0.1) is 0 Å². The van der Waals surface area contributed by atoms with E-state index in [0.717, 1.165) is 20.1 Å². The lowest BCUT2D eigenvalue weighted by Gasteiger charge is -2.00.